The second kappa shape index (κ2) is 6.09. The molecule has 0 aromatic heterocycles. The van der Waals surface area contributed by atoms with Gasteiger partial charge >= 0.3 is 0 Å². The van der Waals surface area contributed by atoms with Crippen LogP contribution in [0.2, 0.25) is 0 Å². The summed E-state index contributed by atoms with van der Waals surface area (Å²) in [7, 11) is 0. The van der Waals surface area contributed by atoms with Crippen LogP contribution in [0.3, 0.4) is 0 Å². The Bertz CT molecular complexity index is 48.1. The fourth-order valence-electron chi connectivity index (χ4n) is 0.270. The summed E-state index contributed by atoms with van der Waals surface area (Å²) in [5.74, 6) is 2.07. The minimum Gasteiger partial charge on any atom is -0.156 e. The van der Waals surface area contributed by atoms with Crippen LogP contribution in [0.25, 0.3) is 0 Å². The molecule has 0 aromatic carbocycles. The first-order valence-corrected chi connectivity index (χ1v) is 3.71. The van der Waals surface area contributed by atoms with Crippen LogP contribution >= 0.6 is 11.8 Å². The Morgan fingerprint density at radius 2 is 2.29 bits per heavy atom. The van der Waals surface area contributed by atoms with E-state index in [0.717, 1.165) is 6.42 Å². The summed E-state index contributed by atoms with van der Waals surface area (Å²) in [5.41, 5.74) is 0. The Kier molecular flexibility index (Phi) is 6.17. The fourth-order valence-corrected chi connectivity index (χ4v) is 0.538. The van der Waals surface area contributed by atoms with E-state index >= 15 is 0 Å². The van der Waals surface area contributed by atoms with E-state index in [1.165, 1.54) is 0 Å². The number of allylic oxidation sites excluding steroid dienone is 1. The van der Waals surface area contributed by atoms with E-state index in [0.29, 0.717) is 0 Å². The van der Waals surface area contributed by atoms with Crippen LogP contribution in [0.15, 0.2) is 12.2 Å². The van der Waals surface area contributed by atoms with E-state index in [2.05, 4.69) is 31.1 Å². The normalized spacial score (nSPS) is 10.6. The highest BCUT2D eigenvalue weighted by molar-refractivity contribution is 8.00. The van der Waals surface area contributed by atoms with Gasteiger partial charge in [-0.1, -0.05) is 19.1 Å². The number of hydrogen-bond acceptors (Lipinski definition) is 1. The molecule has 0 aromatic rings. The molecule has 0 amide bonds. The van der Waals surface area contributed by atoms with Crippen LogP contribution < -0.4 is 0 Å². The van der Waals surface area contributed by atoms with Crippen LogP contribution in [0, 0.1) is 5.75 Å². The molecule has 1 radical (unpaired) electrons. The number of thioether (sulfide) groups is 1. The highest BCUT2D eigenvalue weighted by atomic mass is 32.2. The third kappa shape index (κ3) is 6.09. The van der Waals surface area contributed by atoms with Gasteiger partial charge in [0.25, 0.3) is 0 Å². The second-order valence-corrected chi connectivity index (χ2v) is 1.95. The Labute approximate surface area is 50.0 Å². The summed E-state index contributed by atoms with van der Waals surface area (Å²) in [6.07, 6.45) is 7.40. The second-order valence-electron chi connectivity index (χ2n) is 1.21. The summed E-state index contributed by atoms with van der Waals surface area (Å²) in [6.45, 7) is 2.13. The lowest BCUT2D eigenvalue weighted by Gasteiger charge is -1.79. The van der Waals surface area contributed by atoms with Crippen LogP contribution in [0.4, 0.5) is 0 Å². The highest BCUT2D eigenvalue weighted by Gasteiger charge is 1.68. The standard InChI is InChI=1S/C6H11S/c1-3-4-5-6-7-2/h4-6H,3H2,1-2H3. The molecule has 0 saturated heterocycles. The zero-order chi connectivity index (χ0) is 5.54. The minimum absolute atomic E-state index is 1.14. The summed E-state index contributed by atoms with van der Waals surface area (Å²) in [5, 5.41) is 0. The Hall–Kier alpha value is 0.0900. The van der Waals surface area contributed by atoms with Crippen LogP contribution in [-0.4, -0.2) is 6.26 Å². The first-order chi connectivity index (χ1) is 3.41. The molecule has 0 unspecified atom stereocenters. The largest absolute Gasteiger partial charge is 0.156 e. The average Bonchev–Trinajstić information content (AvgIpc) is 1.69. The molecule has 1 heteroatoms. The van der Waals surface area contributed by atoms with Crippen molar-refractivity contribution in [2.75, 3.05) is 6.26 Å². The van der Waals surface area contributed by atoms with E-state index in [4.69, 9.17) is 0 Å². The van der Waals surface area contributed by atoms with Crippen molar-refractivity contribution in [1.82, 2.24) is 0 Å². The Morgan fingerprint density at radius 3 is 2.71 bits per heavy atom. The first kappa shape index (κ1) is 7.09. The van der Waals surface area contributed by atoms with Crippen LogP contribution in [0.5, 0.6) is 0 Å². The van der Waals surface area contributed by atoms with Crippen molar-refractivity contribution in [3.05, 3.63) is 17.9 Å². The zero-order valence-corrected chi connectivity index (χ0v) is 5.66. The SMILES string of the molecule is CCC=C[CH]SC. The van der Waals surface area contributed by atoms with Gasteiger partial charge in [-0.2, -0.15) is 11.8 Å². The molecule has 0 N–H and O–H groups in total. The lowest BCUT2D eigenvalue weighted by atomic mass is 10.4. The fraction of sp³-hybridized carbons (Fsp3) is 0.500. The molecule has 0 aliphatic rings. The van der Waals surface area contributed by atoms with Crippen LogP contribution in [-0.2, 0) is 0 Å². The van der Waals surface area contributed by atoms with Crippen molar-refractivity contribution >= 4 is 11.8 Å². The predicted octanol–water partition coefficient (Wildman–Crippen LogP) is 2.48. The van der Waals surface area contributed by atoms with Gasteiger partial charge in [0.1, 0.15) is 0 Å². The van der Waals surface area contributed by atoms with Crippen molar-refractivity contribution in [3.63, 3.8) is 0 Å². The molecule has 0 saturated carbocycles. The molecular weight excluding hydrogens is 104 g/mol. The summed E-state index contributed by atoms with van der Waals surface area (Å²) in [4.78, 5) is 0. The molecule has 0 atom stereocenters. The van der Waals surface area contributed by atoms with Crippen molar-refractivity contribution in [2.24, 2.45) is 0 Å². The van der Waals surface area contributed by atoms with Gasteiger partial charge in [-0.05, 0) is 12.7 Å². The lowest BCUT2D eigenvalue weighted by molar-refractivity contribution is 1.22. The molecule has 0 aliphatic heterocycles. The smallest absolute Gasteiger partial charge is 0.0378 e. The van der Waals surface area contributed by atoms with Gasteiger partial charge in [0.05, 0.1) is 0 Å². The molecule has 0 heterocycles. The van der Waals surface area contributed by atoms with Crippen molar-refractivity contribution < 1.29 is 0 Å². The molecular formula is C6H11S. The first-order valence-electron chi connectivity index (χ1n) is 2.43. The third-order valence-electron chi connectivity index (χ3n) is 0.586. The predicted molar refractivity (Wildman–Crippen MR) is 37.2 cm³/mol. The van der Waals surface area contributed by atoms with E-state index in [-0.39, 0.29) is 0 Å². The van der Waals surface area contributed by atoms with Gasteiger partial charge < -0.3 is 0 Å². The molecule has 0 spiro atoms. The van der Waals surface area contributed by atoms with Gasteiger partial charge in [-0.15, -0.1) is 0 Å². The molecule has 7 heavy (non-hydrogen) atoms. The van der Waals surface area contributed by atoms with Crippen molar-refractivity contribution in [1.29, 1.82) is 0 Å². The Morgan fingerprint density at radius 1 is 1.57 bits per heavy atom. The van der Waals surface area contributed by atoms with Gasteiger partial charge in [-0.3, -0.25) is 0 Å². The van der Waals surface area contributed by atoms with E-state index in [1.54, 1.807) is 11.8 Å². The Balaban J connectivity index is 2.78. The van der Waals surface area contributed by atoms with E-state index in [9.17, 15) is 0 Å². The number of hydrogen-bond donors (Lipinski definition) is 0. The third-order valence-corrected chi connectivity index (χ3v) is 1.02. The topological polar surface area (TPSA) is 0 Å². The van der Waals surface area contributed by atoms with Gasteiger partial charge in [0.2, 0.25) is 0 Å². The molecule has 0 bridgehead atoms. The monoisotopic (exact) mass is 115 g/mol. The maximum absolute atomic E-state index is 2.14. The molecule has 0 nitrogen and oxygen atoms in total. The van der Waals surface area contributed by atoms with Crippen molar-refractivity contribution in [2.45, 2.75) is 13.3 Å². The molecule has 0 aliphatic carbocycles. The number of rotatable bonds is 3. The highest BCUT2D eigenvalue weighted by Crippen LogP contribution is 1.98. The molecule has 0 fully saturated rings. The minimum atomic E-state index is 1.14. The van der Waals surface area contributed by atoms with Gasteiger partial charge in [0.15, 0.2) is 0 Å². The average molecular weight is 115 g/mol. The van der Waals surface area contributed by atoms with E-state index < -0.39 is 0 Å². The van der Waals surface area contributed by atoms with Crippen molar-refractivity contribution in [3.8, 4) is 0 Å². The summed E-state index contributed by atoms with van der Waals surface area (Å²) in [6, 6.07) is 0. The summed E-state index contributed by atoms with van der Waals surface area (Å²) >= 11 is 1.73. The van der Waals surface area contributed by atoms with Gasteiger partial charge in [-0.25, -0.2) is 0 Å². The van der Waals surface area contributed by atoms with Gasteiger partial charge in [0, 0.05) is 5.75 Å². The molecule has 0 rings (SSSR count). The summed E-state index contributed by atoms with van der Waals surface area (Å²) < 4.78 is 0. The lowest BCUT2D eigenvalue weighted by Crippen LogP contribution is -1.54. The van der Waals surface area contributed by atoms with E-state index in [1.807, 2.05) is 0 Å². The zero-order valence-electron chi connectivity index (χ0n) is 4.85. The molecule has 41 valence electrons. The maximum atomic E-state index is 2.14. The quantitative estimate of drug-likeness (QED) is 0.544. The maximum Gasteiger partial charge on any atom is 0.0378 e. The van der Waals surface area contributed by atoms with Crippen LogP contribution in [0.1, 0.15) is 13.3 Å².